The Morgan fingerprint density at radius 3 is 2.47 bits per heavy atom. The molecule has 0 aromatic heterocycles. The van der Waals surface area contributed by atoms with Crippen LogP contribution in [0.15, 0.2) is 24.3 Å². The van der Waals surface area contributed by atoms with Crippen LogP contribution in [-0.4, -0.2) is 11.8 Å². The maximum absolute atomic E-state index is 10.9. The quantitative estimate of drug-likeness (QED) is 0.600. The Kier molecular flexibility index (Phi) is 4.92. The standard InChI is InChI=1S/C11H12Cl2O2/c1-8(14)15-11(6-7-12)9-2-4-10(13)5-3-9/h2-5,11H,6-7H2,1H3. The van der Waals surface area contributed by atoms with Gasteiger partial charge < -0.3 is 4.74 Å². The van der Waals surface area contributed by atoms with Crippen molar-refractivity contribution in [2.24, 2.45) is 0 Å². The van der Waals surface area contributed by atoms with E-state index < -0.39 is 0 Å². The minimum atomic E-state index is -0.305. The van der Waals surface area contributed by atoms with Crippen molar-refractivity contribution < 1.29 is 9.53 Å². The summed E-state index contributed by atoms with van der Waals surface area (Å²) in [5.41, 5.74) is 0.912. The van der Waals surface area contributed by atoms with Gasteiger partial charge in [0.05, 0.1) is 0 Å². The maximum atomic E-state index is 10.9. The van der Waals surface area contributed by atoms with Gasteiger partial charge in [0.25, 0.3) is 0 Å². The molecular formula is C11H12Cl2O2. The highest BCUT2D eigenvalue weighted by Gasteiger charge is 2.13. The molecule has 0 radical (unpaired) electrons. The Morgan fingerprint density at radius 1 is 1.40 bits per heavy atom. The molecular weight excluding hydrogens is 235 g/mol. The Morgan fingerprint density at radius 2 is 2.00 bits per heavy atom. The van der Waals surface area contributed by atoms with Crippen molar-refractivity contribution in [2.75, 3.05) is 5.88 Å². The molecule has 0 aliphatic rings. The van der Waals surface area contributed by atoms with Crippen LogP contribution >= 0.6 is 23.2 Å². The highest BCUT2D eigenvalue weighted by molar-refractivity contribution is 6.30. The van der Waals surface area contributed by atoms with E-state index in [4.69, 9.17) is 27.9 Å². The highest BCUT2D eigenvalue weighted by Crippen LogP contribution is 2.23. The molecule has 0 saturated carbocycles. The predicted molar refractivity (Wildman–Crippen MR) is 61.3 cm³/mol. The Bertz CT molecular complexity index is 322. The highest BCUT2D eigenvalue weighted by atomic mass is 35.5. The summed E-state index contributed by atoms with van der Waals surface area (Å²) in [6, 6.07) is 7.20. The second kappa shape index (κ2) is 5.99. The van der Waals surface area contributed by atoms with Crippen LogP contribution in [0.2, 0.25) is 5.02 Å². The lowest BCUT2D eigenvalue weighted by molar-refractivity contribution is -0.146. The fraction of sp³-hybridized carbons (Fsp3) is 0.364. The maximum Gasteiger partial charge on any atom is 0.303 e. The lowest BCUT2D eigenvalue weighted by atomic mass is 10.1. The third-order valence-electron chi connectivity index (χ3n) is 1.92. The molecule has 1 aromatic rings. The first-order valence-corrected chi connectivity index (χ1v) is 5.53. The van der Waals surface area contributed by atoms with Gasteiger partial charge in [0, 0.05) is 24.2 Å². The molecule has 1 rings (SSSR count). The molecule has 0 aliphatic carbocycles. The van der Waals surface area contributed by atoms with Crippen LogP contribution in [0.3, 0.4) is 0 Å². The monoisotopic (exact) mass is 246 g/mol. The Labute approximate surface area is 99.1 Å². The van der Waals surface area contributed by atoms with Gasteiger partial charge in [0.1, 0.15) is 6.10 Å². The van der Waals surface area contributed by atoms with Crippen molar-refractivity contribution in [2.45, 2.75) is 19.4 Å². The number of alkyl halides is 1. The third-order valence-corrected chi connectivity index (χ3v) is 2.39. The number of esters is 1. The first kappa shape index (κ1) is 12.3. The average molecular weight is 247 g/mol. The summed E-state index contributed by atoms with van der Waals surface area (Å²) in [6.07, 6.45) is 0.320. The largest absolute Gasteiger partial charge is 0.458 e. The Hall–Kier alpha value is -0.730. The van der Waals surface area contributed by atoms with Crippen LogP contribution in [-0.2, 0) is 9.53 Å². The number of hydrogen-bond acceptors (Lipinski definition) is 2. The topological polar surface area (TPSA) is 26.3 Å². The number of hydrogen-bond donors (Lipinski definition) is 0. The smallest absolute Gasteiger partial charge is 0.303 e. The number of halogens is 2. The third kappa shape index (κ3) is 4.10. The lowest BCUT2D eigenvalue weighted by Gasteiger charge is -2.16. The van der Waals surface area contributed by atoms with E-state index in [0.717, 1.165) is 5.56 Å². The fourth-order valence-corrected chi connectivity index (χ4v) is 1.59. The molecule has 82 valence electrons. The molecule has 1 atom stereocenters. The van der Waals surface area contributed by atoms with E-state index in [9.17, 15) is 4.79 Å². The molecule has 0 saturated heterocycles. The van der Waals surface area contributed by atoms with Gasteiger partial charge in [-0.25, -0.2) is 0 Å². The molecule has 0 heterocycles. The molecule has 0 fully saturated rings. The average Bonchev–Trinajstić information content (AvgIpc) is 2.17. The van der Waals surface area contributed by atoms with Crippen molar-refractivity contribution in [3.8, 4) is 0 Å². The second-order valence-corrected chi connectivity index (χ2v) is 3.94. The van der Waals surface area contributed by atoms with E-state index in [0.29, 0.717) is 17.3 Å². The van der Waals surface area contributed by atoms with E-state index in [1.807, 2.05) is 12.1 Å². The summed E-state index contributed by atoms with van der Waals surface area (Å²) in [4.78, 5) is 10.9. The minimum Gasteiger partial charge on any atom is -0.458 e. The molecule has 4 heteroatoms. The zero-order chi connectivity index (χ0) is 11.3. The van der Waals surface area contributed by atoms with E-state index in [-0.39, 0.29) is 12.1 Å². The van der Waals surface area contributed by atoms with Gasteiger partial charge in [-0.3, -0.25) is 4.79 Å². The lowest BCUT2D eigenvalue weighted by Crippen LogP contribution is -2.09. The Balaban J connectivity index is 2.78. The number of rotatable bonds is 4. The molecule has 0 N–H and O–H groups in total. The van der Waals surface area contributed by atoms with Gasteiger partial charge in [-0.1, -0.05) is 23.7 Å². The predicted octanol–water partition coefficient (Wildman–Crippen LogP) is 3.57. The number of carbonyl (C=O) groups excluding carboxylic acids is 1. The number of benzene rings is 1. The van der Waals surface area contributed by atoms with E-state index in [1.165, 1.54) is 6.92 Å². The van der Waals surface area contributed by atoms with Crippen LogP contribution in [0, 0.1) is 0 Å². The zero-order valence-electron chi connectivity index (χ0n) is 8.37. The van der Waals surface area contributed by atoms with Gasteiger partial charge >= 0.3 is 5.97 Å². The fourth-order valence-electron chi connectivity index (χ4n) is 1.27. The summed E-state index contributed by atoms with van der Waals surface area (Å²) in [5, 5.41) is 0.659. The van der Waals surface area contributed by atoms with Crippen molar-refractivity contribution in [3.63, 3.8) is 0 Å². The molecule has 1 unspecified atom stereocenters. The normalized spacial score (nSPS) is 12.2. The van der Waals surface area contributed by atoms with Gasteiger partial charge in [-0.05, 0) is 17.7 Å². The molecule has 0 spiro atoms. The van der Waals surface area contributed by atoms with Crippen LogP contribution in [0.1, 0.15) is 25.0 Å². The van der Waals surface area contributed by atoms with Crippen LogP contribution in [0.25, 0.3) is 0 Å². The first-order valence-electron chi connectivity index (χ1n) is 4.62. The summed E-state index contributed by atoms with van der Waals surface area (Å²) in [5.74, 6) is 0.140. The van der Waals surface area contributed by atoms with Gasteiger partial charge in [-0.2, -0.15) is 0 Å². The summed E-state index contributed by atoms with van der Waals surface area (Å²) < 4.78 is 5.15. The van der Waals surface area contributed by atoms with Crippen LogP contribution in [0.4, 0.5) is 0 Å². The molecule has 0 bridgehead atoms. The van der Waals surface area contributed by atoms with Gasteiger partial charge in [0.15, 0.2) is 0 Å². The van der Waals surface area contributed by atoms with E-state index in [1.54, 1.807) is 12.1 Å². The minimum absolute atomic E-state index is 0.280. The molecule has 0 amide bonds. The van der Waals surface area contributed by atoms with Crippen molar-refractivity contribution >= 4 is 29.2 Å². The summed E-state index contributed by atoms with van der Waals surface area (Å²) in [6.45, 7) is 1.39. The van der Waals surface area contributed by atoms with Gasteiger partial charge in [0.2, 0.25) is 0 Å². The van der Waals surface area contributed by atoms with E-state index >= 15 is 0 Å². The molecule has 15 heavy (non-hydrogen) atoms. The van der Waals surface area contributed by atoms with Crippen molar-refractivity contribution in [3.05, 3.63) is 34.9 Å². The molecule has 2 nitrogen and oxygen atoms in total. The van der Waals surface area contributed by atoms with Gasteiger partial charge in [-0.15, -0.1) is 11.6 Å². The molecule has 1 aromatic carbocycles. The number of carbonyl (C=O) groups is 1. The zero-order valence-corrected chi connectivity index (χ0v) is 9.89. The summed E-state index contributed by atoms with van der Waals surface area (Å²) >= 11 is 11.4. The second-order valence-electron chi connectivity index (χ2n) is 3.13. The first-order chi connectivity index (χ1) is 7.13. The number of ether oxygens (including phenoxy) is 1. The van der Waals surface area contributed by atoms with Crippen molar-refractivity contribution in [1.82, 2.24) is 0 Å². The van der Waals surface area contributed by atoms with Crippen molar-refractivity contribution in [1.29, 1.82) is 0 Å². The van der Waals surface area contributed by atoms with Crippen LogP contribution in [0.5, 0.6) is 0 Å². The SMILES string of the molecule is CC(=O)OC(CCCl)c1ccc(Cl)cc1. The summed E-state index contributed by atoms with van der Waals surface area (Å²) in [7, 11) is 0. The molecule has 0 aliphatic heterocycles. The van der Waals surface area contributed by atoms with E-state index in [2.05, 4.69) is 0 Å². The van der Waals surface area contributed by atoms with Crippen LogP contribution < -0.4 is 0 Å².